The van der Waals surface area contributed by atoms with Crippen molar-refractivity contribution in [2.75, 3.05) is 231 Å². The number of aliphatic hydroxyl groups excluding tert-OH is 4. The van der Waals surface area contributed by atoms with Crippen LogP contribution in [-0.2, 0) is 98.4 Å². The number of nitrogens with one attached hydrogen (secondary N) is 2. The van der Waals surface area contributed by atoms with Gasteiger partial charge in [0.05, 0.1) is 211 Å². The van der Waals surface area contributed by atoms with Crippen molar-refractivity contribution in [1.29, 1.82) is 0 Å². The smallest absolute Gasteiger partial charge is 0.394 e. The number of carbonyl (C=O) groups is 2. The summed E-state index contributed by atoms with van der Waals surface area (Å²) >= 11 is 0. The third-order valence-corrected chi connectivity index (χ3v) is 10.6. The van der Waals surface area contributed by atoms with Crippen LogP contribution in [0.15, 0.2) is 0 Å². The lowest BCUT2D eigenvalue weighted by Crippen LogP contribution is -2.33. The van der Waals surface area contributed by atoms with E-state index in [0.29, 0.717) is 6.54 Å². The van der Waals surface area contributed by atoms with E-state index in [0.717, 1.165) is 0 Å². The van der Waals surface area contributed by atoms with Crippen LogP contribution in [0, 0.1) is 11.8 Å². The molecular weight excluding hydrogens is 1030 g/mol. The molecule has 0 radical (unpaired) electrons. The molecule has 0 aliphatic rings. The number of ether oxygens (including phenoxy) is 13. The van der Waals surface area contributed by atoms with E-state index < -0.39 is 33.6 Å². The number of carbonyl (C=O) groups excluding carboxylic acids is 2. The Balaban J connectivity index is 4.83. The third-order valence-electron chi connectivity index (χ3n) is 8.55. The van der Waals surface area contributed by atoms with Crippen molar-refractivity contribution in [1.82, 2.24) is 10.6 Å². The summed E-state index contributed by atoms with van der Waals surface area (Å²) in [4.78, 5) is 44.4. The Morgan fingerprint density at radius 1 is 0.397 bits per heavy atom. The number of phosphoric ester groups is 2. The first-order valence-electron chi connectivity index (χ1n) is 24.2. The van der Waals surface area contributed by atoms with Crippen LogP contribution in [0.25, 0.3) is 0 Å². The van der Waals surface area contributed by atoms with Crippen LogP contribution in [0.5, 0.6) is 0 Å². The van der Waals surface area contributed by atoms with Crippen LogP contribution in [0.1, 0.15) is 13.3 Å². The van der Waals surface area contributed by atoms with E-state index in [-0.39, 0.29) is 243 Å². The Kier molecular flexibility index (Phi) is 51.4. The lowest BCUT2D eigenvalue weighted by atomic mass is 10.2. The van der Waals surface area contributed by atoms with Crippen molar-refractivity contribution in [2.45, 2.75) is 19.4 Å². The summed E-state index contributed by atoms with van der Waals surface area (Å²) < 4.78 is 116. The molecule has 0 aliphatic carbocycles. The molecule has 0 heterocycles. The minimum atomic E-state index is -4.57. The molecule has 0 saturated carbocycles. The second-order valence-corrected chi connectivity index (χ2v) is 17.8. The van der Waals surface area contributed by atoms with Gasteiger partial charge in [-0.3, -0.25) is 27.7 Å². The van der Waals surface area contributed by atoms with Crippen LogP contribution in [0.3, 0.4) is 0 Å². The summed E-state index contributed by atoms with van der Waals surface area (Å²) in [5.41, 5.74) is 0. The van der Waals surface area contributed by atoms with E-state index >= 15 is 0 Å². The second kappa shape index (κ2) is 52.5. The van der Waals surface area contributed by atoms with E-state index in [4.69, 9.17) is 100 Å². The highest BCUT2D eigenvalue weighted by atomic mass is 31.2. The summed E-state index contributed by atoms with van der Waals surface area (Å²) in [5.74, 6) is -1.41. The molecule has 0 spiro atoms. The SMILES string of the molecule is CCNC(=O)CCNC(=O)COCC(COCCOCCOP(=O)(O)OCC(COCCOCCO)COCCOCCO)COCCOCCOP(=O)(O)OC(COCCOCCO)COCCOCCO. The monoisotopic (exact) mass is 1110 g/mol. The van der Waals surface area contributed by atoms with Crippen molar-refractivity contribution in [2.24, 2.45) is 11.8 Å². The minimum absolute atomic E-state index is 0.0635. The quantitative estimate of drug-likeness (QED) is 0.0234. The highest BCUT2D eigenvalue weighted by Gasteiger charge is 2.28. The van der Waals surface area contributed by atoms with Gasteiger partial charge >= 0.3 is 15.6 Å². The van der Waals surface area contributed by atoms with E-state index in [1.807, 2.05) is 0 Å². The molecule has 8 N–H and O–H groups in total. The van der Waals surface area contributed by atoms with Gasteiger partial charge in [-0.1, -0.05) is 0 Å². The molecular formula is C42H86N2O27P2. The standard InChI is InChI=1S/C42H86N2O27P2/c1-2-43-41(49)3-4-44-42(50)37-67-33-38(30-62-22-18-60-26-28-69-73(53,54)71-40(35-65-23-15-57-11-7-47)36-66-24-16-58-12-8-48)29-61-21-17-59-25-27-68-72(51,52)70-34-39(31-63-19-13-55-9-5-45)32-64-20-14-56-10-6-46/h38-40,45-48H,2-37H2,1H3,(H,43,49)(H,44,50)(H,51,52)(H,53,54). The van der Waals surface area contributed by atoms with Gasteiger partial charge in [0.25, 0.3) is 0 Å². The molecule has 29 nitrogen and oxygen atoms in total. The Morgan fingerprint density at radius 3 is 1.15 bits per heavy atom. The molecule has 73 heavy (non-hydrogen) atoms. The Hall–Kier alpha value is -1.52. The molecule has 0 aliphatic heterocycles. The summed E-state index contributed by atoms with van der Waals surface area (Å²) in [5, 5.41) is 40.5. The van der Waals surface area contributed by atoms with Gasteiger partial charge in [0, 0.05) is 31.3 Å². The first-order chi connectivity index (χ1) is 35.4. The number of phosphoric acid groups is 2. The van der Waals surface area contributed by atoms with Gasteiger partial charge in [-0.25, -0.2) is 9.13 Å². The summed E-state index contributed by atoms with van der Waals surface area (Å²) in [6.07, 6.45) is -0.873. The molecule has 2 amide bonds. The van der Waals surface area contributed by atoms with Gasteiger partial charge in [0.2, 0.25) is 11.8 Å². The normalized spacial score (nSPS) is 13.9. The van der Waals surface area contributed by atoms with Crippen molar-refractivity contribution in [3.63, 3.8) is 0 Å². The van der Waals surface area contributed by atoms with Crippen LogP contribution in [-0.4, -0.2) is 279 Å². The van der Waals surface area contributed by atoms with Crippen LogP contribution in [0.4, 0.5) is 0 Å². The number of hydrogen-bond acceptors (Lipinski definition) is 25. The lowest BCUT2D eigenvalue weighted by molar-refractivity contribution is -0.127. The van der Waals surface area contributed by atoms with Crippen molar-refractivity contribution in [3.8, 4) is 0 Å². The molecule has 0 fully saturated rings. The fraction of sp³-hybridized carbons (Fsp3) is 0.952. The Labute approximate surface area is 428 Å². The van der Waals surface area contributed by atoms with Gasteiger partial charge < -0.3 is 102 Å². The fourth-order valence-electron chi connectivity index (χ4n) is 5.25. The molecule has 0 aromatic carbocycles. The topological polar surface area (TPSA) is 371 Å². The van der Waals surface area contributed by atoms with Gasteiger partial charge in [0.15, 0.2) is 0 Å². The van der Waals surface area contributed by atoms with Crippen LogP contribution < -0.4 is 10.6 Å². The minimum Gasteiger partial charge on any atom is -0.394 e. The molecule has 0 bridgehead atoms. The Bertz CT molecular complexity index is 1310. The highest BCUT2D eigenvalue weighted by molar-refractivity contribution is 7.47. The summed E-state index contributed by atoms with van der Waals surface area (Å²) in [6, 6.07) is 0. The molecule has 3 unspecified atom stereocenters. The lowest BCUT2D eigenvalue weighted by Gasteiger charge is -2.21. The third kappa shape index (κ3) is 51.0. The highest BCUT2D eigenvalue weighted by Crippen LogP contribution is 2.45. The summed E-state index contributed by atoms with van der Waals surface area (Å²) in [7, 11) is -9.05. The molecule has 0 aromatic rings. The van der Waals surface area contributed by atoms with Crippen molar-refractivity contribution in [3.05, 3.63) is 0 Å². The number of rotatable bonds is 59. The molecule has 3 atom stereocenters. The maximum atomic E-state index is 12.7. The first-order valence-corrected chi connectivity index (χ1v) is 27.2. The van der Waals surface area contributed by atoms with Gasteiger partial charge in [-0.05, 0) is 6.92 Å². The summed E-state index contributed by atoms with van der Waals surface area (Å²) in [6.45, 7) is 3.51. The maximum Gasteiger partial charge on any atom is 0.472 e. The van der Waals surface area contributed by atoms with Gasteiger partial charge in [-0.15, -0.1) is 0 Å². The van der Waals surface area contributed by atoms with Crippen molar-refractivity contribution >= 4 is 27.5 Å². The zero-order valence-electron chi connectivity index (χ0n) is 42.3. The average molecular weight is 1110 g/mol. The van der Waals surface area contributed by atoms with Crippen molar-refractivity contribution < 1.29 is 129 Å². The van der Waals surface area contributed by atoms with Crippen LogP contribution in [0.2, 0.25) is 0 Å². The molecule has 31 heteroatoms. The molecule has 436 valence electrons. The predicted octanol–water partition coefficient (Wildman–Crippen LogP) is -2.32. The molecule has 0 rings (SSSR count). The number of hydrogen-bond donors (Lipinski definition) is 8. The predicted molar refractivity (Wildman–Crippen MR) is 255 cm³/mol. The van der Waals surface area contributed by atoms with E-state index in [1.54, 1.807) is 6.92 Å². The zero-order valence-corrected chi connectivity index (χ0v) is 44.1. The Morgan fingerprint density at radius 2 is 0.740 bits per heavy atom. The maximum absolute atomic E-state index is 12.7. The number of amides is 2. The first kappa shape index (κ1) is 71.5. The molecule has 0 aromatic heterocycles. The molecule has 0 saturated heterocycles. The van der Waals surface area contributed by atoms with E-state index in [2.05, 4.69) is 10.6 Å². The van der Waals surface area contributed by atoms with Gasteiger partial charge in [-0.2, -0.15) is 0 Å². The van der Waals surface area contributed by atoms with Gasteiger partial charge in [0.1, 0.15) is 12.7 Å². The van der Waals surface area contributed by atoms with E-state index in [9.17, 15) is 28.5 Å². The second-order valence-electron chi connectivity index (χ2n) is 14.9. The largest absolute Gasteiger partial charge is 0.472 e. The fourth-order valence-corrected chi connectivity index (χ4v) is 6.90. The zero-order chi connectivity index (χ0) is 53.8. The van der Waals surface area contributed by atoms with Crippen LogP contribution >= 0.6 is 15.6 Å². The number of aliphatic hydroxyl groups is 4. The average Bonchev–Trinajstić information content (AvgIpc) is 3.35. The van der Waals surface area contributed by atoms with E-state index in [1.165, 1.54) is 0 Å².